The van der Waals surface area contributed by atoms with Crippen molar-refractivity contribution in [1.29, 1.82) is 0 Å². The molecular weight excluding hydrogens is 474 g/mol. The summed E-state index contributed by atoms with van der Waals surface area (Å²) in [6.45, 7) is 2.49. The van der Waals surface area contributed by atoms with Crippen LogP contribution in [0.3, 0.4) is 0 Å². The van der Waals surface area contributed by atoms with Crippen LogP contribution in [0.25, 0.3) is 15.2 Å². The number of carbonyl (C=O) groups is 1. The first-order chi connectivity index (χ1) is 16.3. The van der Waals surface area contributed by atoms with Gasteiger partial charge in [-0.3, -0.25) is 9.20 Å². The predicted molar refractivity (Wildman–Crippen MR) is 130 cm³/mol. The van der Waals surface area contributed by atoms with Crippen LogP contribution in [0.1, 0.15) is 40.9 Å². The molecule has 1 fully saturated rings. The Balaban J connectivity index is 1.38. The molecule has 0 spiro atoms. The van der Waals surface area contributed by atoms with Crippen molar-refractivity contribution in [3.63, 3.8) is 0 Å². The highest BCUT2D eigenvalue weighted by molar-refractivity contribution is 7.89. The minimum absolute atomic E-state index is 0.118. The lowest BCUT2D eigenvalue weighted by molar-refractivity contribution is 0.0467. The van der Waals surface area contributed by atoms with Gasteiger partial charge in [0.25, 0.3) is 5.56 Å². The molecule has 34 heavy (non-hydrogen) atoms. The average molecular weight is 498 g/mol. The molecule has 10 heteroatoms. The van der Waals surface area contributed by atoms with Crippen molar-refractivity contribution in [2.45, 2.75) is 37.7 Å². The first-order valence-corrected chi connectivity index (χ1v) is 13.3. The third-order valence-corrected chi connectivity index (χ3v) is 9.02. The van der Waals surface area contributed by atoms with Gasteiger partial charge >= 0.3 is 5.97 Å². The second-order valence-corrected chi connectivity index (χ2v) is 11.2. The van der Waals surface area contributed by atoms with Gasteiger partial charge in [-0.25, -0.2) is 18.2 Å². The number of rotatable bonds is 5. The van der Waals surface area contributed by atoms with Gasteiger partial charge in [0.15, 0.2) is 4.96 Å². The fourth-order valence-electron chi connectivity index (χ4n) is 4.17. The number of hydrogen-bond acceptors (Lipinski definition) is 7. The Labute approximate surface area is 200 Å². The molecule has 0 bridgehead atoms. The van der Waals surface area contributed by atoms with E-state index in [1.165, 1.54) is 32.2 Å². The van der Waals surface area contributed by atoms with E-state index in [2.05, 4.69) is 4.98 Å². The molecule has 0 N–H and O–H groups in total. The standard InChI is InChI=1S/C24H23N3O5S2/c1-16-9-10-17(13-21(16)34(30,31)26-11-5-2-6-12-26)23(29)32-15-18-14-22(28)27-19-7-3-4-8-20(19)33-24(27)25-18/h3-4,7-10,13-14H,2,5-6,11-12,15H2,1H3. The number of para-hydroxylation sites is 1. The lowest BCUT2D eigenvalue weighted by Gasteiger charge is -2.26. The number of ether oxygens (including phenoxy) is 1. The highest BCUT2D eigenvalue weighted by Crippen LogP contribution is 2.26. The molecule has 0 radical (unpaired) electrons. The van der Waals surface area contributed by atoms with E-state index < -0.39 is 16.0 Å². The zero-order chi connectivity index (χ0) is 23.9. The van der Waals surface area contributed by atoms with E-state index in [1.54, 1.807) is 19.1 Å². The number of nitrogens with zero attached hydrogens (tertiary/aromatic N) is 3. The fraction of sp³-hybridized carbons (Fsp3) is 0.292. The van der Waals surface area contributed by atoms with Gasteiger partial charge in [0.05, 0.1) is 26.4 Å². The van der Waals surface area contributed by atoms with Crippen LogP contribution in [-0.4, -0.2) is 41.2 Å². The van der Waals surface area contributed by atoms with E-state index in [0.29, 0.717) is 29.3 Å². The average Bonchev–Trinajstić information content (AvgIpc) is 3.22. The smallest absolute Gasteiger partial charge is 0.338 e. The minimum atomic E-state index is -3.69. The molecule has 4 aromatic rings. The second-order valence-electron chi connectivity index (χ2n) is 8.29. The van der Waals surface area contributed by atoms with Gasteiger partial charge in [-0.1, -0.05) is 36.0 Å². The van der Waals surface area contributed by atoms with Crippen LogP contribution in [0.5, 0.6) is 0 Å². The molecule has 8 nitrogen and oxygen atoms in total. The Hall–Kier alpha value is -3.08. The largest absolute Gasteiger partial charge is 0.456 e. The van der Waals surface area contributed by atoms with Gasteiger partial charge in [-0.2, -0.15) is 4.31 Å². The highest BCUT2D eigenvalue weighted by atomic mass is 32.2. The number of esters is 1. The van der Waals surface area contributed by atoms with Crippen molar-refractivity contribution >= 4 is 42.5 Å². The van der Waals surface area contributed by atoms with E-state index in [9.17, 15) is 18.0 Å². The van der Waals surface area contributed by atoms with E-state index in [1.807, 2.05) is 24.3 Å². The zero-order valence-electron chi connectivity index (χ0n) is 18.6. The Bertz CT molecular complexity index is 1570. The van der Waals surface area contributed by atoms with Crippen molar-refractivity contribution < 1.29 is 17.9 Å². The first kappa shape index (κ1) is 22.7. The first-order valence-electron chi connectivity index (χ1n) is 11.0. The molecule has 1 aliphatic rings. The summed E-state index contributed by atoms with van der Waals surface area (Å²) in [6, 6.07) is 13.4. The monoisotopic (exact) mass is 497 g/mol. The maximum Gasteiger partial charge on any atom is 0.338 e. The topological polar surface area (TPSA) is 98.0 Å². The molecule has 176 valence electrons. The van der Waals surface area contributed by atoms with E-state index >= 15 is 0 Å². The summed E-state index contributed by atoms with van der Waals surface area (Å²) in [5.41, 5.74) is 1.58. The number of fused-ring (bicyclic) bond motifs is 3. The molecule has 2 aromatic carbocycles. The third kappa shape index (κ3) is 4.13. The molecular formula is C24H23N3O5S2. The third-order valence-electron chi connectivity index (χ3n) is 5.96. The molecule has 3 heterocycles. The van der Waals surface area contributed by atoms with Crippen LogP contribution in [0.2, 0.25) is 0 Å². The van der Waals surface area contributed by atoms with Crippen molar-refractivity contribution in [2.75, 3.05) is 13.1 Å². The molecule has 2 aromatic heterocycles. The van der Waals surface area contributed by atoms with Crippen LogP contribution in [0.15, 0.2) is 58.2 Å². The number of aryl methyl sites for hydroxylation is 1. The molecule has 0 saturated carbocycles. The summed E-state index contributed by atoms with van der Waals surface area (Å²) in [6.07, 6.45) is 2.68. The number of aromatic nitrogens is 2. The molecule has 5 rings (SSSR count). The van der Waals surface area contributed by atoms with Gasteiger partial charge in [0.1, 0.15) is 6.61 Å². The molecule has 0 atom stereocenters. The van der Waals surface area contributed by atoms with Crippen molar-refractivity contribution in [1.82, 2.24) is 13.7 Å². The van der Waals surface area contributed by atoms with Gasteiger partial charge in [0.2, 0.25) is 10.0 Å². The number of hydrogen-bond donors (Lipinski definition) is 0. The number of benzene rings is 2. The number of thiazole rings is 1. The fourth-order valence-corrected chi connectivity index (χ4v) is 6.99. The number of carbonyl (C=O) groups excluding carboxylic acids is 1. The predicted octanol–water partition coefficient (Wildman–Crippen LogP) is 3.75. The van der Waals surface area contributed by atoms with Crippen LogP contribution in [-0.2, 0) is 21.4 Å². The van der Waals surface area contributed by atoms with E-state index in [-0.39, 0.29) is 22.6 Å². The van der Waals surface area contributed by atoms with Gasteiger partial charge < -0.3 is 4.74 Å². The van der Waals surface area contributed by atoms with E-state index in [4.69, 9.17) is 4.74 Å². The Morgan fingerprint density at radius 1 is 1.09 bits per heavy atom. The van der Waals surface area contributed by atoms with E-state index in [0.717, 1.165) is 29.5 Å². The van der Waals surface area contributed by atoms with Crippen LogP contribution in [0, 0.1) is 6.92 Å². The lowest BCUT2D eigenvalue weighted by Crippen LogP contribution is -2.36. The quantitative estimate of drug-likeness (QED) is 0.390. The maximum absolute atomic E-state index is 13.1. The summed E-state index contributed by atoms with van der Waals surface area (Å²) in [5, 5.41) is 0. The second kappa shape index (κ2) is 8.94. The summed E-state index contributed by atoms with van der Waals surface area (Å²) in [4.78, 5) is 30.5. The summed E-state index contributed by atoms with van der Waals surface area (Å²) >= 11 is 1.38. The van der Waals surface area contributed by atoms with Crippen LogP contribution in [0.4, 0.5) is 0 Å². The zero-order valence-corrected chi connectivity index (χ0v) is 20.2. The summed E-state index contributed by atoms with van der Waals surface area (Å²) < 4.78 is 35.6. The SMILES string of the molecule is Cc1ccc(C(=O)OCc2cc(=O)n3c(n2)sc2ccccc23)cc1S(=O)(=O)N1CCCCC1. The summed E-state index contributed by atoms with van der Waals surface area (Å²) in [5.74, 6) is -0.673. The molecule has 1 aliphatic heterocycles. The molecule has 1 saturated heterocycles. The lowest BCUT2D eigenvalue weighted by atomic mass is 10.1. The Morgan fingerprint density at radius 3 is 2.65 bits per heavy atom. The Kier molecular flexibility index (Phi) is 5.97. The van der Waals surface area contributed by atoms with Crippen molar-refractivity contribution in [3.05, 3.63) is 75.7 Å². The van der Waals surface area contributed by atoms with Gasteiger partial charge in [0, 0.05) is 19.2 Å². The molecule has 0 amide bonds. The van der Waals surface area contributed by atoms with Gasteiger partial charge in [-0.05, 0) is 49.6 Å². The number of piperidine rings is 1. The van der Waals surface area contributed by atoms with Crippen LogP contribution >= 0.6 is 11.3 Å². The normalized spacial score (nSPS) is 15.1. The van der Waals surface area contributed by atoms with Crippen molar-refractivity contribution in [3.8, 4) is 0 Å². The molecule has 0 unspecified atom stereocenters. The van der Waals surface area contributed by atoms with Crippen LogP contribution < -0.4 is 5.56 Å². The minimum Gasteiger partial charge on any atom is -0.456 e. The van der Waals surface area contributed by atoms with Gasteiger partial charge in [-0.15, -0.1) is 0 Å². The van der Waals surface area contributed by atoms with Crippen molar-refractivity contribution in [2.24, 2.45) is 0 Å². The summed E-state index contributed by atoms with van der Waals surface area (Å²) in [7, 11) is -3.69. The maximum atomic E-state index is 13.1. The Morgan fingerprint density at radius 2 is 1.85 bits per heavy atom. The number of sulfonamides is 1. The highest BCUT2D eigenvalue weighted by Gasteiger charge is 2.28. The molecule has 0 aliphatic carbocycles.